The summed E-state index contributed by atoms with van der Waals surface area (Å²) in [4.78, 5) is 16.2. The lowest BCUT2D eigenvalue weighted by Gasteiger charge is -2.40. The van der Waals surface area contributed by atoms with Crippen LogP contribution < -0.4 is 5.73 Å². The molecule has 104 valence electrons. The lowest BCUT2D eigenvalue weighted by Crippen LogP contribution is -2.58. The number of amides is 1. The molecular formula is C15H22N2OS. The van der Waals surface area contributed by atoms with E-state index in [2.05, 4.69) is 18.4 Å². The van der Waals surface area contributed by atoms with Crippen molar-refractivity contribution in [1.82, 2.24) is 4.90 Å². The second kappa shape index (κ2) is 4.91. The minimum Gasteiger partial charge on any atom is -0.336 e. The van der Waals surface area contributed by atoms with E-state index in [1.54, 1.807) is 11.3 Å². The molecule has 0 spiro atoms. The van der Waals surface area contributed by atoms with Gasteiger partial charge in [-0.05, 0) is 42.2 Å². The molecule has 19 heavy (non-hydrogen) atoms. The van der Waals surface area contributed by atoms with Crippen LogP contribution in [0.3, 0.4) is 0 Å². The molecule has 1 aromatic heterocycles. The van der Waals surface area contributed by atoms with Crippen LogP contribution in [0.25, 0.3) is 0 Å². The number of rotatable bonds is 1. The molecular weight excluding hydrogens is 256 g/mol. The molecule has 1 aliphatic heterocycles. The first-order chi connectivity index (χ1) is 9.08. The second-order valence-electron chi connectivity index (χ2n) is 6.20. The highest BCUT2D eigenvalue weighted by Gasteiger charge is 2.41. The minimum absolute atomic E-state index is 0.177. The van der Waals surface area contributed by atoms with Crippen molar-refractivity contribution in [2.45, 2.75) is 51.1 Å². The molecule has 3 rings (SSSR count). The van der Waals surface area contributed by atoms with E-state index in [-0.39, 0.29) is 5.91 Å². The predicted octanol–water partition coefficient (Wildman–Crippen LogP) is 2.54. The number of hydrogen-bond acceptors (Lipinski definition) is 3. The summed E-state index contributed by atoms with van der Waals surface area (Å²) in [6, 6.07) is 2.14. The summed E-state index contributed by atoms with van der Waals surface area (Å²) in [6.07, 6.45) is 4.98. The van der Waals surface area contributed by atoms with Gasteiger partial charge in [-0.2, -0.15) is 0 Å². The van der Waals surface area contributed by atoms with Crippen molar-refractivity contribution in [3.8, 4) is 0 Å². The van der Waals surface area contributed by atoms with Crippen LogP contribution in [0, 0.1) is 5.92 Å². The molecule has 2 N–H and O–H groups in total. The normalized spacial score (nSPS) is 31.1. The Morgan fingerprint density at radius 3 is 3.21 bits per heavy atom. The predicted molar refractivity (Wildman–Crippen MR) is 78.0 cm³/mol. The monoisotopic (exact) mass is 278 g/mol. The topological polar surface area (TPSA) is 46.3 Å². The smallest absolute Gasteiger partial charge is 0.242 e. The molecule has 2 unspecified atom stereocenters. The summed E-state index contributed by atoms with van der Waals surface area (Å²) < 4.78 is 0. The fourth-order valence-electron chi connectivity index (χ4n) is 3.52. The molecule has 0 aromatic carbocycles. The molecule has 0 bridgehead atoms. The molecule has 1 amide bonds. The van der Waals surface area contributed by atoms with Gasteiger partial charge in [0.05, 0.1) is 5.54 Å². The van der Waals surface area contributed by atoms with E-state index >= 15 is 0 Å². The maximum absolute atomic E-state index is 12.8. The van der Waals surface area contributed by atoms with Gasteiger partial charge in [-0.15, -0.1) is 11.3 Å². The molecule has 0 radical (unpaired) electrons. The summed E-state index contributed by atoms with van der Waals surface area (Å²) in [6.45, 7) is 3.80. The first kappa shape index (κ1) is 13.1. The van der Waals surface area contributed by atoms with Gasteiger partial charge in [0.15, 0.2) is 0 Å². The van der Waals surface area contributed by atoms with Crippen LogP contribution in [0.4, 0.5) is 0 Å². The number of carbonyl (C=O) groups is 1. The number of thiophene rings is 1. The Hall–Kier alpha value is -0.870. The molecule has 3 nitrogen and oxygen atoms in total. The Bertz CT molecular complexity index is 484. The molecule has 1 fully saturated rings. The van der Waals surface area contributed by atoms with Gasteiger partial charge in [-0.1, -0.05) is 19.8 Å². The van der Waals surface area contributed by atoms with E-state index in [0.717, 1.165) is 38.8 Å². The average molecular weight is 278 g/mol. The quantitative estimate of drug-likeness (QED) is 0.858. The van der Waals surface area contributed by atoms with Crippen molar-refractivity contribution in [1.29, 1.82) is 0 Å². The van der Waals surface area contributed by atoms with Crippen LogP contribution in [0.15, 0.2) is 11.4 Å². The average Bonchev–Trinajstić information content (AvgIpc) is 2.84. The molecule has 2 heterocycles. The van der Waals surface area contributed by atoms with Crippen molar-refractivity contribution in [3.63, 3.8) is 0 Å². The largest absolute Gasteiger partial charge is 0.336 e. The molecule has 4 heteroatoms. The maximum Gasteiger partial charge on any atom is 0.242 e. The summed E-state index contributed by atoms with van der Waals surface area (Å²) in [7, 11) is 0. The van der Waals surface area contributed by atoms with Gasteiger partial charge in [0, 0.05) is 18.0 Å². The number of nitrogens with zero attached hydrogens (tertiary/aromatic N) is 1. The number of carbonyl (C=O) groups excluding carboxylic acids is 1. The SMILES string of the molecule is CC1CCCC(N)(C(=O)N2CCc3sccc3C2)C1. The van der Waals surface area contributed by atoms with Gasteiger partial charge in [0.2, 0.25) is 5.91 Å². The lowest BCUT2D eigenvalue weighted by molar-refractivity contribution is -0.139. The van der Waals surface area contributed by atoms with Gasteiger partial charge in [0.1, 0.15) is 0 Å². The van der Waals surface area contributed by atoms with Crippen LogP contribution >= 0.6 is 11.3 Å². The third-order valence-corrected chi connectivity index (χ3v) is 5.58. The zero-order valence-electron chi connectivity index (χ0n) is 11.5. The van der Waals surface area contributed by atoms with Crippen molar-refractivity contribution in [2.24, 2.45) is 11.7 Å². The van der Waals surface area contributed by atoms with E-state index in [1.807, 2.05) is 4.90 Å². The Labute approximate surface area is 118 Å². The van der Waals surface area contributed by atoms with E-state index in [9.17, 15) is 4.79 Å². The van der Waals surface area contributed by atoms with Crippen molar-refractivity contribution < 1.29 is 4.79 Å². The fraction of sp³-hybridized carbons (Fsp3) is 0.667. The lowest BCUT2D eigenvalue weighted by atomic mass is 9.76. The third kappa shape index (κ3) is 2.43. The summed E-state index contributed by atoms with van der Waals surface area (Å²) in [5.74, 6) is 0.750. The number of nitrogens with two attached hydrogens (primary N) is 1. The van der Waals surface area contributed by atoms with Crippen LogP contribution in [-0.2, 0) is 17.8 Å². The first-order valence-electron chi connectivity index (χ1n) is 7.22. The Balaban J connectivity index is 1.74. The third-order valence-electron chi connectivity index (χ3n) is 4.55. The van der Waals surface area contributed by atoms with Crippen LogP contribution in [0.1, 0.15) is 43.0 Å². The highest BCUT2D eigenvalue weighted by atomic mass is 32.1. The van der Waals surface area contributed by atoms with Crippen molar-refractivity contribution in [2.75, 3.05) is 6.54 Å². The van der Waals surface area contributed by atoms with Gasteiger partial charge < -0.3 is 10.6 Å². The summed E-state index contributed by atoms with van der Waals surface area (Å²) in [5, 5.41) is 2.12. The highest BCUT2D eigenvalue weighted by Crippen LogP contribution is 2.33. The molecule has 2 aliphatic rings. The fourth-order valence-corrected chi connectivity index (χ4v) is 4.41. The zero-order valence-corrected chi connectivity index (χ0v) is 12.3. The van der Waals surface area contributed by atoms with Crippen molar-refractivity contribution in [3.05, 3.63) is 21.9 Å². The van der Waals surface area contributed by atoms with Gasteiger partial charge in [-0.25, -0.2) is 0 Å². The van der Waals surface area contributed by atoms with E-state index in [0.29, 0.717) is 5.92 Å². The van der Waals surface area contributed by atoms with Gasteiger partial charge >= 0.3 is 0 Å². The number of hydrogen-bond donors (Lipinski definition) is 1. The Morgan fingerprint density at radius 1 is 1.58 bits per heavy atom. The van der Waals surface area contributed by atoms with Crippen LogP contribution in [0.5, 0.6) is 0 Å². The van der Waals surface area contributed by atoms with Crippen molar-refractivity contribution >= 4 is 17.2 Å². The van der Waals surface area contributed by atoms with E-state index in [4.69, 9.17) is 5.73 Å². The Kier molecular flexibility index (Phi) is 3.39. The molecule has 1 saturated carbocycles. The second-order valence-corrected chi connectivity index (χ2v) is 7.20. The van der Waals surface area contributed by atoms with Crippen LogP contribution in [-0.4, -0.2) is 22.9 Å². The van der Waals surface area contributed by atoms with Gasteiger partial charge in [-0.3, -0.25) is 4.79 Å². The van der Waals surface area contributed by atoms with E-state index in [1.165, 1.54) is 16.9 Å². The molecule has 1 aromatic rings. The minimum atomic E-state index is -0.606. The first-order valence-corrected chi connectivity index (χ1v) is 8.10. The van der Waals surface area contributed by atoms with Gasteiger partial charge in [0.25, 0.3) is 0 Å². The molecule has 1 aliphatic carbocycles. The number of fused-ring (bicyclic) bond motifs is 1. The maximum atomic E-state index is 12.8. The summed E-state index contributed by atoms with van der Waals surface area (Å²) in [5.41, 5.74) is 7.14. The highest BCUT2D eigenvalue weighted by molar-refractivity contribution is 7.10. The molecule has 0 saturated heterocycles. The summed E-state index contributed by atoms with van der Waals surface area (Å²) >= 11 is 1.80. The molecule has 2 atom stereocenters. The zero-order chi connectivity index (χ0) is 13.5. The van der Waals surface area contributed by atoms with Crippen LogP contribution in [0.2, 0.25) is 0 Å². The van der Waals surface area contributed by atoms with E-state index < -0.39 is 5.54 Å². The standard InChI is InChI=1S/C15H22N2OS/c1-11-3-2-6-15(16,9-11)14(18)17-7-4-13-12(10-17)5-8-19-13/h5,8,11H,2-4,6-7,9-10,16H2,1H3. The Morgan fingerprint density at radius 2 is 2.42 bits per heavy atom.